The van der Waals surface area contributed by atoms with Crippen molar-refractivity contribution in [1.82, 2.24) is 10.1 Å². The van der Waals surface area contributed by atoms with Gasteiger partial charge in [-0.05, 0) is 48.9 Å². The van der Waals surface area contributed by atoms with Crippen molar-refractivity contribution >= 4 is 0 Å². The van der Waals surface area contributed by atoms with Gasteiger partial charge in [0.15, 0.2) is 6.61 Å². The van der Waals surface area contributed by atoms with E-state index in [0.717, 1.165) is 42.9 Å². The molecule has 20 heavy (non-hydrogen) atoms. The number of aromatic nitrogens is 2. The van der Waals surface area contributed by atoms with Crippen LogP contribution in [0.25, 0.3) is 0 Å². The van der Waals surface area contributed by atoms with Gasteiger partial charge in [0.05, 0.1) is 6.10 Å². The molecule has 0 aliphatic heterocycles. The van der Waals surface area contributed by atoms with Gasteiger partial charge >= 0.3 is 0 Å². The molecule has 0 bridgehead atoms. The Kier molecular flexibility index (Phi) is 2.73. The van der Waals surface area contributed by atoms with Gasteiger partial charge in [-0.3, -0.25) is 0 Å². The quantitative estimate of drug-likeness (QED) is 0.926. The standard InChI is InChI=1S/C15H16N2O3/c18-13-6-3-10-7-11(4-5-12(10)13)19-8-14-16-15(20-17-14)9-1-2-9/h4-5,7,9,13,18H,1-3,6,8H2/t13-/m0/s1. The maximum atomic E-state index is 9.77. The molecule has 0 unspecified atom stereocenters. The number of nitrogens with zero attached hydrogens (tertiary/aromatic N) is 2. The van der Waals surface area contributed by atoms with E-state index in [1.165, 1.54) is 5.56 Å². The maximum absolute atomic E-state index is 9.77. The van der Waals surface area contributed by atoms with E-state index in [1.54, 1.807) is 0 Å². The minimum atomic E-state index is -0.322. The van der Waals surface area contributed by atoms with Crippen molar-refractivity contribution < 1.29 is 14.4 Å². The Bertz CT molecular complexity index is 634. The lowest BCUT2D eigenvalue weighted by molar-refractivity contribution is 0.180. The van der Waals surface area contributed by atoms with E-state index >= 15 is 0 Å². The average molecular weight is 272 g/mol. The van der Waals surface area contributed by atoms with E-state index in [4.69, 9.17) is 9.26 Å². The molecule has 4 rings (SSSR count). The zero-order valence-electron chi connectivity index (χ0n) is 11.1. The second kappa shape index (κ2) is 4.59. The van der Waals surface area contributed by atoms with E-state index in [2.05, 4.69) is 10.1 Å². The van der Waals surface area contributed by atoms with Gasteiger partial charge in [0.1, 0.15) is 5.75 Å². The van der Waals surface area contributed by atoms with Crippen LogP contribution in [-0.2, 0) is 13.0 Å². The molecule has 5 nitrogen and oxygen atoms in total. The van der Waals surface area contributed by atoms with Gasteiger partial charge in [0, 0.05) is 5.92 Å². The van der Waals surface area contributed by atoms with Crippen LogP contribution >= 0.6 is 0 Å². The third kappa shape index (κ3) is 2.18. The number of hydrogen-bond acceptors (Lipinski definition) is 5. The fraction of sp³-hybridized carbons (Fsp3) is 0.467. The highest BCUT2D eigenvalue weighted by atomic mass is 16.5. The first-order valence-corrected chi connectivity index (χ1v) is 7.06. The third-order valence-electron chi connectivity index (χ3n) is 3.94. The summed E-state index contributed by atoms with van der Waals surface area (Å²) in [5, 5.41) is 13.7. The van der Waals surface area contributed by atoms with E-state index in [-0.39, 0.29) is 6.10 Å². The fourth-order valence-electron chi connectivity index (χ4n) is 2.63. The van der Waals surface area contributed by atoms with Crippen molar-refractivity contribution in [2.75, 3.05) is 0 Å². The van der Waals surface area contributed by atoms with Crippen molar-refractivity contribution in [2.24, 2.45) is 0 Å². The van der Waals surface area contributed by atoms with Crippen molar-refractivity contribution in [1.29, 1.82) is 0 Å². The first-order chi connectivity index (χ1) is 9.79. The highest BCUT2D eigenvalue weighted by molar-refractivity contribution is 5.39. The molecule has 1 fully saturated rings. The molecule has 2 aliphatic carbocycles. The van der Waals surface area contributed by atoms with Crippen molar-refractivity contribution in [3.63, 3.8) is 0 Å². The number of ether oxygens (including phenoxy) is 1. The molecule has 5 heteroatoms. The molecule has 2 aromatic rings. The van der Waals surface area contributed by atoms with Crippen LogP contribution in [0.15, 0.2) is 22.7 Å². The number of aliphatic hydroxyl groups excluding tert-OH is 1. The van der Waals surface area contributed by atoms with E-state index < -0.39 is 0 Å². The lowest BCUT2D eigenvalue weighted by Gasteiger charge is -2.07. The van der Waals surface area contributed by atoms with Crippen LogP contribution in [0.4, 0.5) is 0 Å². The van der Waals surface area contributed by atoms with Gasteiger partial charge in [-0.1, -0.05) is 11.2 Å². The van der Waals surface area contributed by atoms with Crippen LogP contribution in [-0.4, -0.2) is 15.2 Å². The van der Waals surface area contributed by atoms with Crippen molar-refractivity contribution in [3.8, 4) is 5.75 Å². The molecule has 2 aliphatic rings. The number of rotatable bonds is 4. The van der Waals surface area contributed by atoms with Crippen LogP contribution in [0.2, 0.25) is 0 Å². The summed E-state index contributed by atoms with van der Waals surface area (Å²) < 4.78 is 10.9. The van der Waals surface area contributed by atoms with E-state index in [0.29, 0.717) is 18.3 Å². The minimum absolute atomic E-state index is 0.317. The zero-order valence-corrected chi connectivity index (χ0v) is 11.1. The number of aliphatic hydroxyl groups is 1. The topological polar surface area (TPSA) is 68.4 Å². The predicted molar refractivity (Wildman–Crippen MR) is 70.3 cm³/mol. The maximum Gasteiger partial charge on any atom is 0.229 e. The van der Waals surface area contributed by atoms with E-state index in [9.17, 15) is 5.11 Å². The summed E-state index contributed by atoms with van der Waals surface area (Å²) in [6.45, 7) is 0.317. The molecule has 1 atom stereocenters. The molecule has 1 heterocycles. The molecule has 0 amide bonds. The Balaban J connectivity index is 1.43. The van der Waals surface area contributed by atoms with Crippen molar-refractivity contribution in [3.05, 3.63) is 41.0 Å². The second-order valence-electron chi connectivity index (χ2n) is 5.53. The SMILES string of the molecule is O[C@H]1CCc2cc(OCc3noc(C4CC4)n3)ccc21. The largest absolute Gasteiger partial charge is 0.485 e. The van der Waals surface area contributed by atoms with E-state index in [1.807, 2.05) is 18.2 Å². The van der Waals surface area contributed by atoms with Crippen LogP contribution in [0, 0.1) is 0 Å². The van der Waals surface area contributed by atoms with Crippen LogP contribution < -0.4 is 4.74 Å². The normalized spacial score (nSPS) is 20.9. The summed E-state index contributed by atoms with van der Waals surface area (Å²) in [4.78, 5) is 4.33. The smallest absolute Gasteiger partial charge is 0.229 e. The molecule has 1 aromatic heterocycles. The third-order valence-corrected chi connectivity index (χ3v) is 3.94. The number of fused-ring (bicyclic) bond motifs is 1. The van der Waals surface area contributed by atoms with Gasteiger partial charge in [-0.25, -0.2) is 0 Å². The number of hydrogen-bond donors (Lipinski definition) is 1. The molecule has 1 saturated carbocycles. The minimum Gasteiger partial charge on any atom is -0.485 e. The Hall–Kier alpha value is -1.88. The highest BCUT2D eigenvalue weighted by Gasteiger charge is 2.29. The van der Waals surface area contributed by atoms with Crippen LogP contribution in [0.3, 0.4) is 0 Å². The average Bonchev–Trinajstić information content (AvgIpc) is 3.10. The molecule has 1 aromatic carbocycles. The summed E-state index contributed by atoms with van der Waals surface area (Å²) in [6, 6.07) is 5.82. The first-order valence-electron chi connectivity index (χ1n) is 7.06. The van der Waals surface area contributed by atoms with Gasteiger partial charge < -0.3 is 14.4 Å². The Morgan fingerprint density at radius 3 is 3.05 bits per heavy atom. The molecule has 104 valence electrons. The summed E-state index contributed by atoms with van der Waals surface area (Å²) in [5.74, 6) is 2.58. The number of aryl methyl sites for hydroxylation is 1. The molecular weight excluding hydrogens is 256 g/mol. The summed E-state index contributed by atoms with van der Waals surface area (Å²) >= 11 is 0. The van der Waals surface area contributed by atoms with Gasteiger partial charge in [-0.2, -0.15) is 4.98 Å². The highest BCUT2D eigenvalue weighted by Crippen LogP contribution is 2.39. The lowest BCUT2D eigenvalue weighted by Crippen LogP contribution is -1.98. The van der Waals surface area contributed by atoms with Crippen molar-refractivity contribution in [2.45, 2.75) is 44.3 Å². The Morgan fingerprint density at radius 1 is 1.30 bits per heavy atom. The first kappa shape index (κ1) is 11.9. The monoisotopic (exact) mass is 272 g/mol. The summed E-state index contributed by atoms with van der Waals surface area (Å²) in [5.41, 5.74) is 2.19. The molecule has 0 saturated heterocycles. The van der Waals surface area contributed by atoms with Crippen LogP contribution in [0.5, 0.6) is 5.75 Å². The summed E-state index contributed by atoms with van der Waals surface area (Å²) in [6.07, 6.45) is 3.68. The van der Waals surface area contributed by atoms with Crippen LogP contribution in [0.1, 0.15) is 54.1 Å². The Labute approximate surface area is 116 Å². The zero-order chi connectivity index (χ0) is 13.5. The molecule has 1 N–H and O–H groups in total. The molecular formula is C15H16N2O3. The molecule has 0 spiro atoms. The second-order valence-corrected chi connectivity index (χ2v) is 5.53. The summed E-state index contributed by atoms with van der Waals surface area (Å²) in [7, 11) is 0. The lowest BCUT2D eigenvalue weighted by atomic mass is 10.1. The Morgan fingerprint density at radius 2 is 2.20 bits per heavy atom. The fourth-order valence-corrected chi connectivity index (χ4v) is 2.63. The van der Waals surface area contributed by atoms with Gasteiger partial charge in [0.25, 0.3) is 0 Å². The molecule has 0 radical (unpaired) electrons. The number of benzene rings is 1. The predicted octanol–water partition coefficient (Wildman–Crippen LogP) is 2.51. The van der Waals surface area contributed by atoms with Gasteiger partial charge in [-0.15, -0.1) is 0 Å². The van der Waals surface area contributed by atoms with Gasteiger partial charge in [0.2, 0.25) is 11.7 Å².